The van der Waals surface area contributed by atoms with Gasteiger partial charge in [0, 0.05) is 15.9 Å². The zero-order valence-corrected chi connectivity index (χ0v) is 11.5. The zero-order valence-electron chi connectivity index (χ0n) is 9.13. The van der Waals surface area contributed by atoms with Crippen molar-refractivity contribution < 1.29 is 0 Å². The van der Waals surface area contributed by atoms with Gasteiger partial charge in [0.25, 0.3) is 0 Å². The summed E-state index contributed by atoms with van der Waals surface area (Å²) < 4.78 is 1.11. The number of halogens is 1. The second kappa shape index (κ2) is 7.31. The van der Waals surface area contributed by atoms with Crippen LogP contribution in [0.25, 0.3) is 0 Å². The van der Waals surface area contributed by atoms with Gasteiger partial charge in [0.05, 0.1) is 0 Å². The van der Waals surface area contributed by atoms with Gasteiger partial charge in [-0.25, -0.2) is 0 Å². The summed E-state index contributed by atoms with van der Waals surface area (Å²) in [6.45, 7) is 2.85. The van der Waals surface area contributed by atoms with Crippen LogP contribution in [-0.2, 0) is 6.54 Å². The lowest BCUT2D eigenvalue weighted by atomic mass is 10.2. The summed E-state index contributed by atoms with van der Waals surface area (Å²) in [4.78, 5) is 1.33. The van der Waals surface area contributed by atoms with Crippen molar-refractivity contribution in [3.8, 4) is 0 Å². The highest BCUT2D eigenvalue weighted by Crippen LogP contribution is 2.26. The minimum absolute atomic E-state index is 0.621. The topological polar surface area (TPSA) is 26.0 Å². The largest absolute Gasteiger partial charge is 0.326 e. The fraction of sp³-hybridized carbons (Fsp3) is 0.500. The van der Waals surface area contributed by atoms with Gasteiger partial charge in [0.15, 0.2) is 0 Å². The second-order valence-electron chi connectivity index (χ2n) is 3.51. The fourth-order valence-electron chi connectivity index (χ4n) is 1.38. The Morgan fingerprint density at radius 2 is 2.13 bits per heavy atom. The summed E-state index contributed by atoms with van der Waals surface area (Å²) in [5, 5.41) is 0. The van der Waals surface area contributed by atoms with E-state index in [9.17, 15) is 0 Å². The van der Waals surface area contributed by atoms with Crippen LogP contribution in [0.1, 0.15) is 31.7 Å². The minimum atomic E-state index is 0.621. The number of benzene rings is 1. The van der Waals surface area contributed by atoms with Crippen LogP contribution in [-0.4, -0.2) is 5.75 Å². The van der Waals surface area contributed by atoms with Crippen LogP contribution in [0, 0.1) is 0 Å². The van der Waals surface area contributed by atoms with E-state index in [4.69, 9.17) is 5.73 Å². The molecule has 0 fully saturated rings. The van der Waals surface area contributed by atoms with Crippen LogP contribution in [0.5, 0.6) is 0 Å². The minimum Gasteiger partial charge on any atom is -0.326 e. The molecule has 0 bridgehead atoms. The van der Waals surface area contributed by atoms with Crippen LogP contribution < -0.4 is 5.73 Å². The van der Waals surface area contributed by atoms with E-state index in [2.05, 4.69) is 41.1 Å². The summed E-state index contributed by atoms with van der Waals surface area (Å²) in [6, 6.07) is 6.35. The molecule has 0 spiro atoms. The first-order valence-electron chi connectivity index (χ1n) is 5.39. The van der Waals surface area contributed by atoms with Crippen LogP contribution in [0.2, 0.25) is 0 Å². The number of unbranched alkanes of at least 4 members (excludes halogenated alkanes) is 2. The van der Waals surface area contributed by atoms with Gasteiger partial charge in [-0.05, 0) is 35.9 Å². The number of hydrogen-bond acceptors (Lipinski definition) is 2. The molecule has 0 saturated carbocycles. The number of rotatable bonds is 6. The van der Waals surface area contributed by atoms with E-state index < -0.39 is 0 Å². The van der Waals surface area contributed by atoms with Gasteiger partial charge < -0.3 is 5.73 Å². The van der Waals surface area contributed by atoms with E-state index in [1.54, 1.807) is 0 Å². The van der Waals surface area contributed by atoms with Crippen molar-refractivity contribution in [1.29, 1.82) is 0 Å². The quantitative estimate of drug-likeness (QED) is 0.627. The van der Waals surface area contributed by atoms with E-state index >= 15 is 0 Å². The molecule has 0 aliphatic carbocycles. The number of hydrogen-bond donors (Lipinski definition) is 1. The number of nitrogens with two attached hydrogens (primary N) is 1. The molecule has 1 aromatic carbocycles. The van der Waals surface area contributed by atoms with Crippen molar-refractivity contribution in [1.82, 2.24) is 0 Å². The smallest absolute Gasteiger partial charge is 0.0189 e. The Morgan fingerprint density at radius 3 is 2.80 bits per heavy atom. The molecule has 0 amide bonds. The summed E-state index contributed by atoms with van der Waals surface area (Å²) in [5.41, 5.74) is 6.96. The van der Waals surface area contributed by atoms with Crippen molar-refractivity contribution >= 4 is 27.7 Å². The van der Waals surface area contributed by atoms with Crippen LogP contribution in [0.3, 0.4) is 0 Å². The second-order valence-corrected chi connectivity index (χ2v) is 5.56. The maximum absolute atomic E-state index is 5.72. The van der Waals surface area contributed by atoms with Gasteiger partial charge in [-0.3, -0.25) is 0 Å². The molecule has 0 radical (unpaired) electrons. The summed E-state index contributed by atoms with van der Waals surface area (Å²) in [6.07, 6.45) is 3.90. The van der Waals surface area contributed by atoms with E-state index in [0.717, 1.165) is 4.47 Å². The predicted molar refractivity (Wildman–Crippen MR) is 72.3 cm³/mol. The third-order valence-electron chi connectivity index (χ3n) is 2.25. The molecule has 1 aromatic rings. The Morgan fingerprint density at radius 1 is 1.33 bits per heavy atom. The van der Waals surface area contributed by atoms with Crippen molar-refractivity contribution in [2.24, 2.45) is 5.73 Å². The van der Waals surface area contributed by atoms with E-state index in [-0.39, 0.29) is 0 Å². The van der Waals surface area contributed by atoms with Gasteiger partial charge >= 0.3 is 0 Å². The molecule has 0 aliphatic rings. The molecule has 84 valence electrons. The van der Waals surface area contributed by atoms with Crippen LogP contribution in [0.4, 0.5) is 0 Å². The molecular formula is C12H18BrNS. The summed E-state index contributed by atoms with van der Waals surface area (Å²) >= 11 is 5.38. The summed E-state index contributed by atoms with van der Waals surface area (Å²) in [7, 11) is 0. The lowest BCUT2D eigenvalue weighted by molar-refractivity contribution is 0.778. The van der Waals surface area contributed by atoms with Gasteiger partial charge in [-0.1, -0.05) is 35.7 Å². The Labute approximate surface area is 105 Å². The van der Waals surface area contributed by atoms with Crippen LogP contribution in [0.15, 0.2) is 27.6 Å². The Balaban J connectivity index is 2.52. The zero-order chi connectivity index (χ0) is 11.1. The molecule has 2 N–H and O–H groups in total. The molecule has 0 atom stereocenters. The van der Waals surface area contributed by atoms with Gasteiger partial charge in [-0.2, -0.15) is 0 Å². The molecule has 0 heterocycles. The first-order valence-corrected chi connectivity index (χ1v) is 7.17. The van der Waals surface area contributed by atoms with Crippen molar-refractivity contribution in [2.45, 2.75) is 37.6 Å². The van der Waals surface area contributed by atoms with Gasteiger partial charge in [0.1, 0.15) is 0 Å². The highest BCUT2D eigenvalue weighted by Gasteiger charge is 2.02. The average molecular weight is 288 g/mol. The third-order valence-corrected chi connectivity index (χ3v) is 3.94. The van der Waals surface area contributed by atoms with Gasteiger partial charge in [0.2, 0.25) is 0 Å². The lowest BCUT2D eigenvalue weighted by Crippen LogP contribution is -1.98. The molecule has 3 heteroatoms. The highest BCUT2D eigenvalue weighted by molar-refractivity contribution is 9.10. The maximum Gasteiger partial charge on any atom is 0.0189 e. The van der Waals surface area contributed by atoms with E-state index in [1.165, 1.54) is 35.5 Å². The molecule has 1 rings (SSSR count). The molecule has 0 aliphatic heterocycles. The molecule has 1 nitrogen and oxygen atoms in total. The Hall–Kier alpha value is 0.01000. The Bertz CT molecular complexity index is 302. The third kappa shape index (κ3) is 4.58. The van der Waals surface area contributed by atoms with Crippen LogP contribution >= 0.6 is 27.7 Å². The first kappa shape index (κ1) is 13.1. The van der Waals surface area contributed by atoms with E-state index in [0.29, 0.717) is 6.54 Å². The maximum atomic E-state index is 5.72. The molecule has 0 saturated heterocycles. The van der Waals surface area contributed by atoms with Crippen molar-refractivity contribution in [2.75, 3.05) is 5.75 Å². The normalized spacial score (nSPS) is 10.6. The SMILES string of the molecule is CCCCCSc1ccc(Br)cc1CN. The molecular weight excluding hydrogens is 270 g/mol. The fourth-order valence-corrected chi connectivity index (χ4v) is 2.85. The average Bonchev–Trinajstić information content (AvgIpc) is 2.26. The molecule has 15 heavy (non-hydrogen) atoms. The standard InChI is InChI=1S/C12H18BrNS/c1-2-3-4-7-15-12-6-5-11(13)8-10(12)9-14/h5-6,8H,2-4,7,9,14H2,1H3. The van der Waals surface area contributed by atoms with E-state index in [1.807, 2.05) is 11.8 Å². The van der Waals surface area contributed by atoms with Gasteiger partial charge in [-0.15, -0.1) is 11.8 Å². The summed E-state index contributed by atoms with van der Waals surface area (Å²) in [5.74, 6) is 1.20. The number of thioether (sulfide) groups is 1. The van der Waals surface area contributed by atoms with Crippen molar-refractivity contribution in [3.05, 3.63) is 28.2 Å². The lowest BCUT2D eigenvalue weighted by Gasteiger charge is -2.07. The van der Waals surface area contributed by atoms with Crippen molar-refractivity contribution in [3.63, 3.8) is 0 Å². The predicted octanol–water partition coefficient (Wildman–Crippen LogP) is 4.19. The molecule has 0 unspecified atom stereocenters. The first-order chi connectivity index (χ1) is 7.27. The molecule has 0 aromatic heterocycles. The highest BCUT2D eigenvalue weighted by atomic mass is 79.9. The monoisotopic (exact) mass is 287 g/mol. The Kier molecular flexibility index (Phi) is 6.37.